The number of nitrogens with two attached hydrogens (primary N) is 1. The molecule has 1 aromatic carbocycles. The summed E-state index contributed by atoms with van der Waals surface area (Å²) < 4.78 is 25.1. The number of carbonyl (C=O) groups is 1. The number of aromatic nitrogens is 2. The molecule has 0 radical (unpaired) electrons. The lowest BCUT2D eigenvalue weighted by atomic mass is 10.0. The van der Waals surface area contributed by atoms with Crippen molar-refractivity contribution in [3.63, 3.8) is 0 Å². The molecule has 166 valence electrons. The number of amides is 1. The maximum absolute atomic E-state index is 12.9. The van der Waals surface area contributed by atoms with Crippen molar-refractivity contribution in [3.05, 3.63) is 48.2 Å². The van der Waals surface area contributed by atoms with Crippen LogP contribution in [0.5, 0.6) is 0 Å². The van der Waals surface area contributed by atoms with Crippen molar-refractivity contribution in [1.29, 1.82) is 0 Å². The summed E-state index contributed by atoms with van der Waals surface area (Å²) in [5.74, 6) is 0.521. The predicted octanol–water partition coefficient (Wildman–Crippen LogP) is 2.80. The number of hydrogen-bond acceptors (Lipinski definition) is 6. The van der Waals surface area contributed by atoms with E-state index in [0.717, 1.165) is 27.6 Å². The zero-order valence-electron chi connectivity index (χ0n) is 18.0. The number of aryl methyl sites for hydroxylation is 1. The Balaban J connectivity index is 1.38. The molecule has 9 heteroatoms. The van der Waals surface area contributed by atoms with Crippen LogP contribution < -0.4 is 11.1 Å². The van der Waals surface area contributed by atoms with Crippen LogP contribution in [0.15, 0.2) is 42.6 Å². The number of rotatable bonds is 4. The van der Waals surface area contributed by atoms with Crippen LogP contribution in [-0.2, 0) is 14.8 Å². The van der Waals surface area contributed by atoms with Crippen LogP contribution in [0.2, 0.25) is 0 Å². The number of anilines is 2. The van der Waals surface area contributed by atoms with Crippen molar-refractivity contribution in [2.45, 2.75) is 19.8 Å². The van der Waals surface area contributed by atoms with Gasteiger partial charge in [0.05, 0.1) is 11.9 Å². The highest BCUT2D eigenvalue weighted by Gasteiger charge is 2.61. The van der Waals surface area contributed by atoms with Gasteiger partial charge in [-0.25, -0.2) is 22.7 Å². The van der Waals surface area contributed by atoms with Crippen LogP contribution in [-0.4, -0.2) is 47.9 Å². The lowest BCUT2D eigenvalue weighted by Crippen LogP contribution is -2.28. The summed E-state index contributed by atoms with van der Waals surface area (Å²) in [6.45, 7) is 2.91. The Bertz CT molecular complexity index is 1360. The van der Waals surface area contributed by atoms with E-state index in [0.29, 0.717) is 37.6 Å². The number of sulfonamides is 1. The Labute approximate surface area is 186 Å². The first-order valence-electron chi connectivity index (χ1n) is 10.5. The zero-order valence-corrected chi connectivity index (χ0v) is 18.8. The van der Waals surface area contributed by atoms with E-state index in [1.54, 1.807) is 12.3 Å². The smallest absolute Gasteiger partial charge is 0.229 e. The summed E-state index contributed by atoms with van der Waals surface area (Å²) in [7, 11) is -3.23. The van der Waals surface area contributed by atoms with E-state index in [9.17, 15) is 13.2 Å². The van der Waals surface area contributed by atoms with E-state index in [2.05, 4.69) is 15.3 Å². The van der Waals surface area contributed by atoms with Crippen molar-refractivity contribution in [2.75, 3.05) is 30.4 Å². The summed E-state index contributed by atoms with van der Waals surface area (Å²) in [5, 5.41) is 4.48. The molecule has 1 aliphatic heterocycles. The molecule has 5 rings (SSSR count). The molecular formula is C23H25N5O3S. The Morgan fingerprint density at radius 3 is 2.78 bits per heavy atom. The third-order valence-corrected chi connectivity index (χ3v) is 7.99. The quantitative estimate of drug-likeness (QED) is 0.630. The normalized spacial score (nSPS) is 23.0. The standard InChI is InChI=1S/C23H25N5O3S/c1-14-5-3-4-6-16(14)19-9-15-10-20(25-12-17(15)21(24)26-19)27-22(29)18-11-23(18)7-8-28(13-23)32(2,30)31/h3-6,9-10,12,18H,7-8,11,13H2,1-2H3,(H2,24,26)(H,25,27,29)/t18-,23-/m1/s1. The van der Waals surface area contributed by atoms with Gasteiger partial charge in [-0.3, -0.25) is 4.79 Å². The second-order valence-corrected chi connectivity index (χ2v) is 10.9. The molecule has 1 saturated heterocycles. The molecular weight excluding hydrogens is 426 g/mol. The first-order valence-corrected chi connectivity index (χ1v) is 12.4. The van der Waals surface area contributed by atoms with Crippen LogP contribution >= 0.6 is 0 Å². The van der Waals surface area contributed by atoms with Crippen LogP contribution in [0.4, 0.5) is 11.6 Å². The number of pyridine rings is 2. The molecule has 3 heterocycles. The summed E-state index contributed by atoms with van der Waals surface area (Å²) in [4.78, 5) is 21.8. The molecule has 2 atom stereocenters. The number of hydrogen-bond donors (Lipinski definition) is 2. The predicted molar refractivity (Wildman–Crippen MR) is 124 cm³/mol. The van der Waals surface area contributed by atoms with Gasteiger partial charge < -0.3 is 11.1 Å². The highest BCUT2D eigenvalue weighted by molar-refractivity contribution is 7.88. The summed E-state index contributed by atoms with van der Waals surface area (Å²) in [5.41, 5.74) is 8.81. The number of fused-ring (bicyclic) bond motifs is 1. The molecule has 2 aliphatic rings. The van der Waals surface area contributed by atoms with Gasteiger partial charge in [0, 0.05) is 36.2 Å². The van der Waals surface area contributed by atoms with Gasteiger partial charge in [0.1, 0.15) is 11.6 Å². The molecule has 1 aliphatic carbocycles. The zero-order chi connectivity index (χ0) is 22.7. The Kier molecular flexibility index (Phi) is 4.72. The number of nitrogens with zero attached hydrogens (tertiary/aromatic N) is 3. The summed E-state index contributed by atoms with van der Waals surface area (Å²) in [6.07, 6.45) is 4.25. The first kappa shape index (κ1) is 20.8. The highest BCUT2D eigenvalue weighted by atomic mass is 32.2. The monoisotopic (exact) mass is 451 g/mol. The largest absolute Gasteiger partial charge is 0.383 e. The molecule has 1 spiro atoms. The van der Waals surface area contributed by atoms with Crippen LogP contribution in [0.3, 0.4) is 0 Å². The Hall–Kier alpha value is -3.04. The van der Waals surface area contributed by atoms with E-state index < -0.39 is 10.0 Å². The molecule has 0 unspecified atom stereocenters. The fourth-order valence-corrected chi connectivity index (χ4v) is 5.68. The minimum absolute atomic E-state index is 0.117. The lowest BCUT2D eigenvalue weighted by Gasteiger charge is -2.13. The molecule has 0 bridgehead atoms. The summed E-state index contributed by atoms with van der Waals surface area (Å²) >= 11 is 0. The molecule has 2 fully saturated rings. The fraction of sp³-hybridized carbons (Fsp3) is 0.348. The third kappa shape index (κ3) is 3.61. The minimum atomic E-state index is -3.23. The Morgan fingerprint density at radius 2 is 2.06 bits per heavy atom. The average Bonchev–Trinajstić information content (AvgIpc) is 3.26. The van der Waals surface area contributed by atoms with Gasteiger partial charge in [-0.15, -0.1) is 0 Å². The molecule has 1 saturated carbocycles. The van der Waals surface area contributed by atoms with Gasteiger partial charge in [-0.2, -0.15) is 0 Å². The number of benzene rings is 1. The molecule has 32 heavy (non-hydrogen) atoms. The van der Waals surface area contributed by atoms with E-state index in [1.165, 1.54) is 10.6 Å². The number of nitrogen functional groups attached to an aromatic ring is 1. The maximum atomic E-state index is 12.9. The average molecular weight is 452 g/mol. The molecule has 1 amide bonds. The fourth-order valence-electron chi connectivity index (χ4n) is 4.76. The molecule has 8 nitrogen and oxygen atoms in total. The van der Waals surface area contributed by atoms with Crippen LogP contribution in [0.25, 0.3) is 22.0 Å². The Morgan fingerprint density at radius 1 is 1.28 bits per heavy atom. The van der Waals surface area contributed by atoms with Crippen molar-refractivity contribution < 1.29 is 13.2 Å². The van der Waals surface area contributed by atoms with Gasteiger partial charge in [-0.1, -0.05) is 24.3 Å². The van der Waals surface area contributed by atoms with Crippen molar-refractivity contribution in [1.82, 2.24) is 14.3 Å². The summed E-state index contributed by atoms with van der Waals surface area (Å²) in [6, 6.07) is 11.7. The number of carbonyl (C=O) groups excluding carboxylic acids is 1. The first-order chi connectivity index (χ1) is 15.2. The lowest BCUT2D eigenvalue weighted by molar-refractivity contribution is -0.118. The van der Waals surface area contributed by atoms with Crippen molar-refractivity contribution >= 4 is 38.3 Å². The van der Waals surface area contributed by atoms with Gasteiger partial charge in [0.25, 0.3) is 0 Å². The highest BCUT2D eigenvalue weighted by Crippen LogP contribution is 2.59. The van der Waals surface area contributed by atoms with E-state index >= 15 is 0 Å². The second-order valence-electron chi connectivity index (χ2n) is 8.95. The second kappa shape index (κ2) is 7.25. The maximum Gasteiger partial charge on any atom is 0.229 e. The van der Waals surface area contributed by atoms with Crippen LogP contribution in [0.1, 0.15) is 18.4 Å². The minimum Gasteiger partial charge on any atom is -0.383 e. The SMILES string of the molecule is Cc1ccccc1-c1cc2cc(NC(=O)[C@H]3C[C@@]34CCN(S(C)(=O)=O)C4)ncc2c(N)n1. The van der Waals surface area contributed by atoms with Gasteiger partial charge in [-0.05, 0) is 48.3 Å². The van der Waals surface area contributed by atoms with E-state index in [4.69, 9.17) is 5.73 Å². The van der Waals surface area contributed by atoms with Crippen molar-refractivity contribution in [2.24, 2.45) is 11.3 Å². The van der Waals surface area contributed by atoms with Crippen LogP contribution in [0, 0.1) is 18.3 Å². The third-order valence-electron chi connectivity index (χ3n) is 6.74. The number of nitrogens with one attached hydrogen (secondary N) is 1. The van der Waals surface area contributed by atoms with Crippen molar-refractivity contribution in [3.8, 4) is 11.3 Å². The molecule has 3 N–H and O–H groups in total. The van der Waals surface area contributed by atoms with Gasteiger partial charge >= 0.3 is 0 Å². The van der Waals surface area contributed by atoms with Gasteiger partial charge in [0.2, 0.25) is 15.9 Å². The molecule has 2 aromatic heterocycles. The van der Waals surface area contributed by atoms with Gasteiger partial charge in [0.15, 0.2) is 0 Å². The molecule has 3 aromatic rings. The van der Waals surface area contributed by atoms with E-state index in [1.807, 2.05) is 37.3 Å². The van der Waals surface area contributed by atoms with E-state index in [-0.39, 0.29) is 17.2 Å². The topological polar surface area (TPSA) is 118 Å².